The largest absolute Gasteiger partial charge is 0.459 e. The van der Waals surface area contributed by atoms with E-state index in [9.17, 15) is 50.1 Å². The standard InChI is InChI=1S/C62H103F2N3O16/c1-18-46-59(13,75)50(71)37(7)67(16)31-32(2)28-57(11,74)51(83-53-48(70)44(66(14)15)25-34(4)79-53)35(5)49(36(6)52(72)81-46)82-47-30-58(12,78-17)60(76,38(8)80-47)21-19-23-65-54(73)62(77)33(3)24-40-41-27-43(63)42-26-39(68)20-22-55(42,9)61(41,64)45(69)29-56(40,62)10/h20,22,26,32-38,40-41,43-51,53,69-71,74-77H,18-19,21,23-25,27-31H2,1-17H3,(H,65,73)/t32-,33-,34-,35-,36-,37-,38+,40?,41?,43+,44+,45+,46-,47?,48-,49+,50-,51-,53?,55+,56+,57-,58-,59-,60+,61+,62+/m1/s1. The van der Waals surface area contributed by atoms with E-state index in [2.05, 4.69) is 5.32 Å². The van der Waals surface area contributed by atoms with Crippen LogP contribution < -0.4 is 5.32 Å². The minimum absolute atomic E-state index is 0.000476. The number of esters is 1. The first-order valence-corrected chi connectivity index (χ1v) is 30.5. The number of amides is 1. The van der Waals surface area contributed by atoms with Crippen molar-refractivity contribution in [3.05, 3.63) is 23.8 Å². The predicted octanol–water partition coefficient (Wildman–Crippen LogP) is 4.46. The third-order valence-electron chi connectivity index (χ3n) is 22.3. The molecule has 0 aromatic carbocycles. The third-order valence-corrected chi connectivity index (χ3v) is 22.3. The van der Waals surface area contributed by atoms with Crippen LogP contribution in [0.25, 0.3) is 0 Å². The maximum atomic E-state index is 17.9. The van der Waals surface area contributed by atoms with Crippen LogP contribution in [0.3, 0.4) is 0 Å². The van der Waals surface area contributed by atoms with Crippen molar-refractivity contribution in [3.63, 3.8) is 0 Å². The van der Waals surface area contributed by atoms with Crippen LogP contribution in [0.15, 0.2) is 23.8 Å². The topological polar surface area (TPSA) is 267 Å². The molecule has 83 heavy (non-hydrogen) atoms. The van der Waals surface area contributed by atoms with Gasteiger partial charge in [0.25, 0.3) is 5.91 Å². The summed E-state index contributed by atoms with van der Waals surface area (Å²) >= 11 is 0. The van der Waals surface area contributed by atoms with Gasteiger partial charge in [-0.3, -0.25) is 14.4 Å². The summed E-state index contributed by atoms with van der Waals surface area (Å²) in [5.41, 5.74) is -14.2. The van der Waals surface area contributed by atoms with Crippen LogP contribution >= 0.6 is 0 Å². The number of likely N-dealkylation sites (N-methyl/N-ethyl adjacent to an activating group) is 2. The van der Waals surface area contributed by atoms with Crippen LogP contribution in [0, 0.1) is 46.3 Å². The van der Waals surface area contributed by atoms with Crippen molar-refractivity contribution in [2.24, 2.45) is 46.3 Å². The fourth-order valence-corrected chi connectivity index (χ4v) is 17.0. The fraction of sp³-hybridized carbons (Fsp3) is 0.887. The molecule has 3 saturated carbocycles. The van der Waals surface area contributed by atoms with Crippen LogP contribution in [0.2, 0.25) is 0 Å². The lowest BCUT2D eigenvalue weighted by atomic mass is 9.44. The molecule has 7 rings (SSSR count). The number of methoxy groups -OCH3 is 1. The average Bonchev–Trinajstić information content (AvgIpc) is 3.59. The number of ketones is 1. The van der Waals surface area contributed by atoms with Gasteiger partial charge in [0.05, 0.1) is 42.0 Å². The highest BCUT2D eigenvalue weighted by Crippen LogP contribution is 2.71. The summed E-state index contributed by atoms with van der Waals surface area (Å²) in [6.07, 6.45) is -9.13. The number of alkyl halides is 2. The Bertz CT molecular complexity index is 2400. The first-order valence-electron chi connectivity index (χ1n) is 30.5. The summed E-state index contributed by atoms with van der Waals surface area (Å²) in [6.45, 7) is 22.3. The van der Waals surface area contributed by atoms with Crippen LogP contribution in [0.1, 0.15) is 148 Å². The number of halogens is 2. The number of allylic oxidation sites excluding steroid dienone is 4. The lowest BCUT2D eigenvalue weighted by Gasteiger charge is -2.63. The number of ether oxygens (including phenoxy) is 6. The van der Waals surface area contributed by atoms with E-state index in [1.165, 1.54) is 33.1 Å². The van der Waals surface area contributed by atoms with Crippen LogP contribution in [-0.2, 0) is 42.8 Å². The number of hydrogen-bond donors (Lipinski definition) is 8. The Hall–Kier alpha value is -2.61. The zero-order valence-electron chi connectivity index (χ0n) is 52.4. The van der Waals surface area contributed by atoms with Crippen molar-refractivity contribution in [1.82, 2.24) is 15.1 Å². The molecular formula is C62H103F2N3O16. The van der Waals surface area contributed by atoms with Gasteiger partial charge >= 0.3 is 5.97 Å². The first kappa shape index (κ1) is 67.9. The summed E-state index contributed by atoms with van der Waals surface area (Å²) in [4.78, 5) is 45.3. The minimum atomic E-state index is -2.38. The second-order valence-corrected chi connectivity index (χ2v) is 28.1. The van der Waals surface area contributed by atoms with E-state index >= 15 is 8.78 Å². The lowest BCUT2D eigenvalue weighted by Crippen LogP contribution is -2.71. The predicted molar refractivity (Wildman–Crippen MR) is 303 cm³/mol. The molecular weight excluding hydrogens is 1080 g/mol. The molecule has 0 bridgehead atoms. The Kier molecular flexibility index (Phi) is 20.0. The average molecular weight is 1180 g/mol. The van der Waals surface area contributed by atoms with Crippen molar-refractivity contribution in [3.8, 4) is 0 Å². The molecule has 4 unspecified atom stereocenters. The number of nitrogens with zero attached hydrogens (tertiary/aromatic N) is 2. The van der Waals surface area contributed by atoms with Gasteiger partial charge in [-0.1, -0.05) is 40.7 Å². The van der Waals surface area contributed by atoms with Crippen LogP contribution in [-0.4, -0.2) is 218 Å². The van der Waals surface area contributed by atoms with E-state index in [4.69, 9.17) is 28.4 Å². The van der Waals surface area contributed by atoms with E-state index in [1.54, 1.807) is 62.3 Å². The molecule has 3 aliphatic heterocycles. The van der Waals surface area contributed by atoms with Crippen LogP contribution in [0.5, 0.6) is 0 Å². The molecule has 6 fully saturated rings. The van der Waals surface area contributed by atoms with Crippen molar-refractivity contribution in [2.75, 3.05) is 41.3 Å². The minimum Gasteiger partial charge on any atom is -0.459 e. The van der Waals surface area contributed by atoms with Crippen LogP contribution in [0.4, 0.5) is 8.78 Å². The Labute approximate surface area is 491 Å². The number of cyclic esters (lactones) is 1. The smallest absolute Gasteiger partial charge is 0.311 e. The Morgan fingerprint density at radius 2 is 1.55 bits per heavy atom. The summed E-state index contributed by atoms with van der Waals surface area (Å²) in [7, 11) is 6.96. The fourth-order valence-electron chi connectivity index (χ4n) is 17.0. The normalized spacial score (nSPS) is 51.2. The maximum absolute atomic E-state index is 17.9. The van der Waals surface area contributed by atoms with Gasteiger partial charge in [-0.15, -0.1) is 0 Å². The molecule has 3 heterocycles. The van der Waals surface area contributed by atoms with Crippen molar-refractivity contribution in [2.45, 2.75) is 261 Å². The highest BCUT2D eigenvalue weighted by molar-refractivity contribution is 6.01. The number of aliphatic hydroxyl groups excluding tert-OH is 3. The van der Waals surface area contributed by atoms with Gasteiger partial charge in [-0.25, -0.2) is 8.78 Å². The monoisotopic (exact) mass is 1180 g/mol. The molecule has 0 spiro atoms. The molecule has 4 aliphatic carbocycles. The summed E-state index contributed by atoms with van der Waals surface area (Å²) in [6, 6.07) is -0.978. The highest BCUT2D eigenvalue weighted by atomic mass is 19.1. The Balaban J connectivity index is 1.12. The van der Waals surface area contributed by atoms with E-state index < -0.39 is 159 Å². The van der Waals surface area contributed by atoms with Gasteiger partial charge in [0, 0.05) is 61.4 Å². The van der Waals surface area contributed by atoms with Crippen molar-refractivity contribution in [1.29, 1.82) is 0 Å². The van der Waals surface area contributed by atoms with Crippen molar-refractivity contribution >= 4 is 17.7 Å². The van der Waals surface area contributed by atoms with Gasteiger partial charge in [-0.2, -0.15) is 0 Å². The molecule has 0 aromatic rings. The number of rotatable bonds is 12. The van der Waals surface area contributed by atoms with E-state index in [0.29, 0.717) is 13.0 Å². The molecule has 476 valence electrons. The molecule has 0 radical (unpaired) electrons. The molecule has 3 saturated heterocycles. The highest BCUT2D eigenvalue weighted by Gasteiger charge is 2.77. The molecule has 8 N–H and O–H groups in total. The van der Waals surface area contributed by atoms with Gasteiger partial charge < -0.3 is 79.3 Å². The second kappa shape index (κ2) is 24.4. The Morgan fingerprint density at radius 3 is 2.17 bits per heavy atom. The summed E-state index contributed by atoms with van der Waals surface area (Å²) in [5.74, 6) is -6.80. The number of carbonyl (C=O) groups excluding carboxylic acids is 3. The SMILES string of the molecule is CC[C@H]1OC(=O)[C@H](C)[C@@H](OC2C[C@@](C)(OC)[C@](O)(CCCNC(=O)[C@@]3(O)[C@H](C)CC4C5C[C@H](F)C6=CC(=O)C=C[C@]6(C)[C@@]5(F)[C@@H](O)C[C@@]43C)[C@H](C)O2)[C@@H](C)[C@@H](OC2O[C@H](C)C[C@H](N(C)C)[C@H]2O)[C@](C)(O)C[C@@H](C)CN(C)[C@H](C)[C@@H](O)[C@]1(C)O. The molecule has 19 nitrogen and oxygen atoms in total. The molecule has 0 aromatic heterocycles. The molecule has 27 atom stereocenters. The number of fused-ring (bicyclic) bond motifs is 5. The van der Waals surface area contributed by atoms with E-state index in [0.717, 1.165) is 6.08 Å². The number of nitrogens with one attached hydrogen (secondary N) is 1. The summed E-state index contributed by atoms with van der Waals surface area (Å²) < 4.78 is 73.0. The number of hydrogen-bond acceptors (Lipinski definition) is 18. The van der Waals surface area contributed by atoms with Gasteiger partial charge in [-0.05, 0) is 163 Å². The van der Waals surface area contributed by atoms with Gasteiger partial charge in [0.2, 0.25) is 0 Å². The second-order valence-electron chi connectivity index (χ2n) is 28.1. The number of carbonyl (C=O) groups is 3. The zero-order valence-corrected chi connectivity index (χ0v) is 52.4. The maximum Gasteiger partial charge on any atom is 0.311 e. The van der Waals surface area contributed by atoms with Gasteiger partial charge in [0.1, 0.15) is 41.3 Å². The van der Waals surface area contributed by atoms with E-state index in [1.807, 2.05) is 44.8 Å². The zero-order chi connectivity index (χ0) is 62.3. The molecule has 21 heteroatoms. The quantitative estimate of drug-likeness (QED) is 0.0990. The van der Waals surface area contributed by atoms with Crippen molar-refractivity contribution < 1.29 is 87.3 Å². The lowest BCUT2D eigenvalue weighted by molar-refractivity contribution is -0.338. The third kappa shape index (κ3) is 11.6. The van der Waals surface area contributed by atoms with Gasteiger partial charge in [0.15, 0.2) is 29.6 Å². The molecule has 7 aliphatic rings. The number of aliphatic hydroxyl groups is 7. The van der Waals surface area contributed by atoms with E-state index in [-0.39, 0.29) is 81.5 Å². The summed E-state index contributed by atoms with van der Waals surface area (Å²) in [5, 5.41) is 88.5. The molecule has 1 amide bonds. The Morgan fingerprint density at radius 1 is 0.904 bits per heavy atom. The first-order chi connectivity index (χ1) is 38.3.